The van der Waals surface area contributed by atoms with Gasteiger partial charge in [-0.15, -0.1) is 0 Å². The number of thiol groups is 1. The molecule has 56 heavy (non-hydrogen) atoms. The molecule has 304 valence electrons. The van der Waals surface area contributed by atoms with Crippen LogP contribution in [-0.4, -0.2) is 126 Å². The van der Waals surface area contributed by atoms with Crippen LogP contribution in [0.25, 0.3) is 22.2 Å². The van der Waals surface area contributed by atoms with Gasteiger partial charge in [0.2, 0.25) is 5.91 Å². The van der Waals surface area contributed by atoms with E-state index in [2.05, 4.69) is 42.8 Å². The highest BCUT2D eigenvalue weighted by molar-refractivity contribution is 8.44. The van der Waals surface area contributed by atoms with E-state index in [0.717, 1.165) is 17.4 Å². The van der Waals surface area contributed by atoms with Crippen molar-refractivity contribution in [2.75, 3.05) is 45.0 Å². The number of fused-ring (bicyclic) bond motifs is 4. The minimum absolute atomic E-state index is 0.0171. The number of aliphatic hydroxyl groups is 1. The number of hydrogen-bond donors (Lipinski definition) is 6. The number of aliphatic hydroxyl groups excluding tert-OH is 1. The number of amides is 1. The zero-order valence-electron chi connectivity index (χ0n) is 29.1. The molecule has 27 heteroatoms. The molecule has 4 aliphatic heterocycles. The summed E-state index contributed by atoms with van der Waals surface area (Å²) in [7, 11) is 0. The highest BCUT2D eigenvalue weighted by atomic mass is 32.7. The van der Waals surface area contributed by atoms with Gasteiger partial charge in [-0.2, -0.15) is 0 Å². The van der Waals surface area contributed by atoms with Crippen LogP contribution in [0.3, 0.4) is 0 Å². The van der Waals surface area contributed by atoms with E-state index in [1.807, 2.05) is 0 Å². The second-order valence-electron chi connectivity index (χ2n) is 13.2. The fourth-order valence-corrected chi connectivity index (χ4v) is 9.87. The Morgan fingerprint density at radius 1 is 1.11 bits per heavy atom. The monoisotopic (exact) mass is 862 g/mol. The van der Waals surface area contributed by atoms with Gasteiger partial charge in [-0.25, -0.2) is 28.9 Å². The van der Waals surface area contributed by atoms with Crippen molar-refractivity contribution in [2.24, 2.45) is 5.73 Å². The summed E-state index contributed by atoms with van der Waals surface area (Å²) in [5.41, 5.74) is 5.91. The number of imidazole rings is 1. The lowest BCUT2D eigenvalue weighted by Crippen LogP contribution is -2.35. The molecular formula is C29H37FN10O12P2S2. The standard InChI is InChI=1S/C29H37FN10O12P2S2/c30-19-22-16(50-28(19)39-7-14-2-1-3-32-24-18(14)25(39)34-10-33-24)9-48-54(45,56)52-23-21(42)15(8-47-53(44,55)51-22)49-29(23)40-12-35-20-26(40)36-11-38(27(20)43)4-5-46-13-37-17(41)6-31/h7,10-12,15-16,19,21-23,28-29,42H,1-6,8-9,13,31H2,(H,37,41)(H,44,55)(H,45,56)(H,32,33,34)/t15-,16-,19?,21?,22?,23?,28-,29-,53?,54?/m1/s1. The Morgan fingerprint density at radius 3 is 2.73 bits per heavy atom. The lowest BCUT2D eigenvalue weighted by atomic mass is 10.1. The van der Waals surface area contributed by atoms with E-state index in [-0.39, 0.29) is 37.6 Å². The van der Waals surface area contributed by atoms with Crippen LogP contribution in [0, 0.1) is 0 Å². The smallest absolute Gasteiger partial charge is 0.386 e. The maximum atomic E-state index is 16.5. The van der Waals surface area contributed by atoms with Crippen molar-refractivity contribution < 1.29 is 56.1 Å². The Balaban J connectivity index is 1.03. The Hall–Kier alpha value is -3.00. The molecule has 3 saturated heterocycles. The van der Waals surface area contributed by atoms with E-state index in [1.54, 1.807) is 6.20 Å². The average molecular weight is 863 g/mol. The number of carbonyl (C=O) groups excluding carboxylic acids is 1. The molecule has 0 aromatic carbocycles. The van der Waals surface area contributed by atoms with Gasteiger partial charge in [0.25, 0.3) is 5.56 Å². The number of nitrogens with one attached hydrogen (secondary N) is 2. The molecular weight excluding hydrogens is 825 g/mol. The summed E-state index contributed by atoms with van der Waals surface area (Å²) in [5.74, 6) is 0.200. The predicted molar refractivity (Wildman–Crippen MR) is 198 cm³/mol. The van der Waals surface area contributed by atoms with E-state index < -0.39 is 87.3 Å². The highest BCUT2D eigenvalue weighted by Crippen LogP contribution is 2.58. The SMILES string of the molecule is NCC(=O)NCOCCn1cnc2c(ncn2[C@@H]2O[C@@H]3COP(O)(=S)OC4C(F)[C@H](n5cc6c7c(ncnc75)NCCC6)O[C@@H]4COP(=O)(S)OC2C3O)c1=O. The maximum Gasteiger partial charge on any atom is 0.386 e. The summed E-state index contributed by atoms with van der Waals surface area (Å²) in [6.45, 7) is -9.43. The number of aromatic nitrogens is 7. The van der Waals surface area contributed by atoms with Gasteiger partial charge in [0.05, 0.1) is 44.6 Å². The summed E-state index contributed by atoms with van der Waals surface area (Å²) in [5, 5.41) is 17.8. The third kappa shape index (κ3) is 7.78. The largest absolute Gasteiger partial charge is 0.387 e. The first-order chi connectivity index (χ1) is 26.8. The Labute approximate surface area is 326 Å². The fraction of sp³-hybridized carbons (Fsp3) is 0.586. The van der Waals surface area contributed by atoms with Crippen LogP contribution in [0.5, 0.6) is 0 Å². The van der Waals surface area contributed by atoms with Crippen LogP contribution in [-0.2, 0) is 66.4 Å². The van der Waals surface area contributed by atoms with E-state index in [1.165, 1.54) is 32.7 Å². The quantitative estimate of drug-likeness (QED) is 0.0589. The number of ether oxygens (including phenoxy) is 3. The van der Waals surface area contributed by atoms with Gasteiger partial charge in [0.1, 0.15) is 61.4 Å². The van der Waals surface area contributed by atoms with Crippen molar-refractivity contribution in [1.82, 2.24) is 39.0 Å². The van der Waals surface area contributed by atoms with E-state index in [4.69, 9.17) is 49.8 Å². The van der Waals surface area contributed by atoms with Crippen LogP contribution in [0.15, 0.2) is 30.0 Å². The molecule has 22 nitrogen and oxygen atoms in total. The topological polar surface area (TPSA) is 273 Å². The Kier molecular flexibility index (Phi) is 11.4. The normalized spacial score (nSPS) is 33.6. The number of aryl methyl sites for hydroxylation is 1. The van der Waals surface area contributed by atoms with Crippen LogP contribution in [0.1, 0.15) is 24.4 Å². The van der Waals surface area contributed by atoms with Gasteiger partial charge in [-0.05, 0) is 30.2 Å². The molecule has 8 heterocycles. The van der Waals surface area contributed by atoms with Crippen LogP contribution >= 0.6 is 25.8 Å². The second kappa shape index (κ2) is 16.0. The summed E-state index contributed by atoms with van der Waals surface area (Å²) in [4.78, 5) is 53.0. The van der Waals surface area contributed by atoms with Gasteiger partial charge >= 0.3 is 13.5 Å². The van der Waals surface area contributed by atoms with Gasteiger partial charge in [0, 0.05) is 12.7 Å². The molecule has 0 radical (unpaired) electrons. The molecule has 6 N–H and O–H groups in total. The Bertz CT molecular complexity index is 2290. The van der Waals surface area contributed by atoms with Crippen molar-refractivity contribution in [3.63, 3.8) is 0 Å². The third-order valence-electron chi connectivity index (χ3n) is 9.63. The molecule has 2 bridgehead atoms. The minimum atomic E-state index is -4.44. The van der Waals surface area contributed by atoms with Crippen LogP contribution in [0.4, 0.5) is 10.2 Å². The first-order valence-corrected chi connectivity index (χ1v) is 22.6. The molecule has 10 atom stereocenters. The number of rotatable bonds is 8. The summed E-state index contributed by atoms with van der Waals surface area (Å²) in [6.07, 6.45) is -4.95. The molecule has 4 aromatic heterocycles. The highest BCUT2D eigenvalue weighted by Gasteiger charge is 2.53. The average Bonchev–Trinajstić information content (AvgIpc) is 3.88. The van der Waals surface area contributed by atoms with Crippen molar-refractivity contribution in [2.45, 2.75) is 68.5 Å². The molecule has 4 aliphatic rings. The second-order valence-corrected chi connectivity index (χ2v) is 18.8. The summed E-state index contributed by atoms with van der Waals surface area (Å²) >= 11 is 9.43. The first kappa shape index (κ1) is 39.8. The van der Waals surface area contributed by atoms with Crippen molar-refractivity contribution >= 4 is 71.5 Å². The van der Waals surface area contributed by atoms with E-state index in [9.17, 15) is 24.2 Å². The fourth-order valence-electron chi connectivity index (χ4n) is 6.97. The molecule has 4 aromatic rings. The molecule has 8 rings (SSSR count). The molecule has 3 fully saturated rings. The van der Waals surface area contributed by atoms with Gasteiger partial charge in [-0.3, -0.25) is 32.3 Å². The molecule has 0 spiro atoms. The number of halogens is 1. The number of alkyl halides is 1. The van der Waals surface area contributed by atoms with Gasteiger partial charge < -0.3 is 49.7 Å². The lowest BCUT2D eigenvalue weighted by Gasteiger charge is -2.27. The summed E-state index contributed by atoms with van der Waals surface area (Å²) in [6, 6.07) is 0. The van der Waals surface area contributed by atoms with Crippen LogP contribution in [0.2, 0.25) is 0 Å². The first-order valence-electron chi connectivity index (χ1n) is 17.3. The molecule has 0 aliphatic carbocycles. The Morgan fingerprint density at radius 2 is 1.91 bits per heavy atom. The van der Waals surface area contributed by atoms with Crippen molar-refractivity contribution in [3.8, 4) is 0 Å². The minimum Gasteiger partial charge on any atom is -0.387 e. The van der Waals surface area contributed by atoms with Crippen LogP contribution < -0.4 is 21.9 Å². The predicted octanol–water partition coefficient (Wildman–Crippen LogP) is 0.0107. The maximum absolute atomic E-state index is 16.5. The molecule has 1 amide bonds. The molecule has 0 saturated carbocycles. The number of anilines is 1. The van der Waals surface area contributed by atoms with Gasteiger partial charge in [-0.1, -0.05) is 12.2 Å². The van der Waals surface area contributed by atoms with E-state index in [0.29, 0.717) is 24.4 Å². The van der Waals surface area contributed by atoms with Gasteiger partial charge in [0.15, 0.2) is 29.8 Å². The lowest BCUT2D eigenvalue weighted by molar-refractivity contribution is -0.121. The number of hydrogen-bond acceptors (Lipinski definition) is 18. The zero-order valence-corrected chi connectivity index (χ0v) is 32.6. The number of carbonyl (C=O) groups is 1. The van der Waals surface area contributed by atoms with E-state index >= 15 is 4.39 Å². The van der Waals surface area contributed by atoms with Crippen molar-refractivity contribution in [3.05, 3.63) is 41.1 Å². The number of nitrogens with zero attached hydrogens (tertiary/aromatic N) is 7. The third-order valence-corrected chi connectivity index (χ3v) is 12.8. The number of nitrogens with two attached hydrogens (primary N) is 1. The summed E-state index contributed by atoms with van der Waals surface area (Å²) < 4.78 is 74.6. The zero-order chi connectivity index (χ0) is 39.4. The van der Waals surface area contributed by atoms with Crippen molar-refractivity contribution in [1.29, 1.82) is 0 Å². The molecule has 6 unspecified atom stereocenters.